The minimum Gasteiger partial charge on any atom is -1.00 e. The molecular formula is C30H28BrFN4O4. The summed E-state index contributed by atoms with van der Waals surface area (Å²) in [5.74, 6) is -1.89. The Balaban J connectivity index is 0.00000323. The fraction of sp³-hybridized carbons (Fsp3) is 0.267. The fourth-order valence-corrected chi connectivity index (χ4v) is 5.25. The Bertz CT molecular complexity index is 1630. The Kier molecular flexibility index (Phi) is 7.71. The minimum atomic E-state index is -1.31. The molecule has 1 N–H and O–H groups in total. The molecule has 1 aliphatic carbocycles. The molecule has 10 heteroatoms. The summed E-state index contributed by atoms with van der Waals surface area (Å²) in [5, 5.41) is 9.53. The van der Waals surface area contributed by atoms with Gasteiger partial charge in [-0.05, 0) is 36.1 Å². The van der Waals surface area contributed by atoms with E-state index in [1.54, 1.807) is 15.5 Å². The predicted octanol–water partition coefficient (Wildman–Crippen LogP) is 0.481. The van der Waals surface area contributed by atoms with E-state index in [1.165, 1.54) is 6.20 Å². The number of carbonyl (C=O) groups is 2. The summed E-state index contributed by atoms with van der Waals surface area (Å²) in [6, 6.07) is 16.9. The maximum absolute atomic E-state index is 15.2. The highest BCUT2D eigenvalue weighted by molar-refractivity contribution is 5.93. The van der Waals surface area contributed by atoms with Gasteiger partial charge in [-0.2, -0.15) is 4.57 Å². The number of amides is 1. The van der Waals surface area contributed by atoms with Crippen molar-refractivity contribution in [3.63, 3.8) is 0 Å². The van der Waals surface area contributed by atoms with Gasteiger partial charge in [0.25, 0.3) is 5.91 Å². The van der Waals surface area contributed by atoms with Gasteiger partial charge >= 0.3 is 5.97 Å². The molecule has 2 fully saturated rings. The first-order valence-electron chi connectivity index (χ1n) is 13.1. The first-order valence-corrected chi connectivity index (χ1v) is 13.1. The van der Waals surface area contributed by atoms with Crippen molar-refractivity contribution in [3.8, 4) is 11.1 Å². The van der Waals surface area contributed by atoms with Crippen LogP contribution in [0.15, 0.2) is 78.0 Å². The number of anilines is 1. The molecule has 2 aromatic carbocycles. The molecule has 1 amide bonds. The summed E-state index contributed by atoms with van der Waals surface area (Å²) in [6.45, 7) is 2.02. The number of benzene rings is 2. The number of fused-ring (bicyclic) bond motifs is 1. The van der Waals surface area contributed by atoms with Crippen LogP contribution >= 0.6 is 0 Å². The average molecular weight is 607 g/mol. The van der Waals surface area contributed by atoms with Crippen molar-refractivity contribution in [1.29, 1.82) is 0 Å². The van der Waals surface area contributed by atoms with Crippen LogP contribution in [0, 0.1) is 5.82 Å². The zero-order valence-electron chi connectivity index (χ0n) is 21.7. The smallest absolute Gasteiger partial charge is 0.341 e. The highest BCUT2D eigenvalue weighted by atomic mass is 79.9. The van der Waals surface area contributed by atoms with Crippen LogP contribution < -0.4 is 31.9 Å². The molecule has 4 aromatic rings. The van der Waals surface area contributed by atoms with E-state index in [1.807, 2.05) is 64.3 Å². The van der Waals surface area contributed by atoms with E-state index in [0.717, 1.165) is 30.0 Å². The third-order valence-corrected chi connectivity index (χ3v) is 7.56. The number of carboxylic acids is 1. The Morgan fingerprint density at radius 2 is 1.60 bits per heavy atom. The number of hydrogen-bond acceptors (Lipinski definition) is 4. The third kappa shape index (κ3) is 5.36. The molecule has 0 atom stereocenters. The van der Waals surface area contributed by atoms with Gasteiger partial charge < -0.3 is 36.5 Å². The van der Waals surface area contributed by atoms with E-state index < -0.39 is 17.2 Å². The quantitative estimate of drug-likeness (QED) is 0.323. The van der Waals surface area contributed by atoms with Crippen molar-refractivity contribution in [2.45, 2.75) is 25.4 Å². The SMILES string of the molecule is O=C(O)c1cn(C2CC2)c2cc(N3CCN(C(=O)C[n+]4ccc(-c5ccccc5)cc4)CC3)c(F)cc2c1=O.[Br-]. The molecule has 1 aliphatic heterocycles. The minimum absolute atomic E-state index is 0. The number of piperazine rings is 1. The zero-order chi connectivity index (χ0) is 27.1. The number of rotatable bonds is 6. The van der Waals surface area contributed by atoms with E-state index in [0.29, 0.717) is 37.4 Å². The summed E-state index contributed by atoms with van der Waals surface area (Å²) >= 11 is 0. The number of halogens is 2. The maximum Gasteiger partial charge on any atom is 0.341 e. The predicted molar refractivity (Wildman–Crippen MR) is 144 cm³/mol. The van der Waals surface area contributed by atoms with Crippen molar-refractivity contribution in [2.24, 2.45) is 0 Å². The first-order chi connectivity index (χ1) is 18.9. The maximum atomic E-state index is 15.2. The number of hydrogen-bond donors (Lipinski definition) is 1. The molecule has 1 saturated heterocycles. The van der Waals surface area contributed by atoms with Crippen molar-refractivity contribution < 1.29 is 40.6 Å². The molecular weight excluding hydrogens is 579 g/mol. The summed E-state index contributed by atoms with van der Waals surface area (Å²) in [4.78, 5) is 41.0. The number of carboxylic acid groups (broad SMARTS) is 1. The van der Waals surface area contributed by atoms with Crippen LogP contribution in [0.1, 0.15) is 29.2 Å². The van der Waals surface area contributed by atoms with Crippen molar-refractivity contribution in [1.82, 2.24) is 9.47 Å². The second-order valence-corrected chi connectivity index (χ2v) is 10.1. The van der Waals surface area contributed by atoms with E-state index in [-0.39, 0.29) is 46.4 Å². The molecule has 6 rings (SSSR count). The largest absolute Gasteiger partial charge is 1.00 e. The second-order valence-electron chi connectivity index (χ2n) is 10.1. The Morgan fingerprint density at radius 1 is 0.950 bits per heavy atom. The third-order valence-electron chi connectivity index (χ3n) is 7.56. The summed E-state index contributed by atoms with van der Waals surface area (Å²) in [7, 11) is 0. The van der Waals surface area contributed by atoms with Crippen LogP contribution in [-0.4, -0.2) is 52.6 Å². The van der Waals surface area contributed by atoms with Crippen molar-refractivity contribution in [2.75, 3.05) is 31.1 Å². The Hall–Kier alpha value is -4.05. The van der Waals surface area contributed by atoms with Crippen LogP contribution in [0.2, 0.25) is 0 Å². The lowest BCUT2D eigenvalue weighted by Crippen LogP contribution is -3.00. The molecule has 0 spiro atoms. The fourth-order valence-electron chi connectivity index (χ4n) is 5.25. The second kappa shape index (κ2) is 11.2. The molecule has 8 nitrogen and oxygen atoms in total. The van der Waals surface area contributed by atoms with Gasteiger partial charge in [0.1, 0.15) is 11.4 Å². The van der Waals surface area contributed by atoms with Gasteiger partial charge in [0.2, 0.25) is 12.0 Å². The van der Waals surface area contributed by atoms with Gasteiger partial charge in [0.05, 0.1) is 11.2 Å². The normalized spacial score (nSPS) is 15.1. The topological polar surface area (TPSA) is 86.7 Å². The molecule has 3 heterocycles. The standard InChI is InChI=1S/C30H27FN4O4.BrH/c31-25-16-23-26(35(22-6-7-22)18-24(29(23)37)30(38)39)17-27(25)33-12-14-34(15-13-33)28(36)19-32-10-8-21(9-11-32)20-4-2-1-3-5-20;/h1-5,8-11,16-18,22H,6-7,12-15,19H2;1H. The van der Waals surface area contributed by atoms with E-state index in [4.69, 9.17) is 0 Å². The lowest BCUT2D eigenvalue weighted by atomic mass is 10.1. The lowest BCUT2D eigenvalue weighted by Gasteiger charge is -2.36. The number of pyridine rings is 2. The Labute approximate surface area is 240 Å². The molecule has 2 aromatic heterocycles. The van der Waals surface area contributed by atoms with Gasteiger partial charge in [-0.3, -0.25) is 9.59 Å². The van der Waals surface area contributed by atoms with Gasteiger partial charge in [-0.25, -0.2) is 9.18 Å². The van der Waals surface area contributed by atoms with Gasteiger partial charge in [0.15, 0.2) is 12.4 Å². The van der Waals surface area contributed by atoms with E-state index >= 15 is 4.39 Å². The zero-order valence-corrected chi connectivity index (χ0v) is 23.3. The van der Waals surface area contributed by atoms with Crippen LogP contribution in [0.5, 0.6) is 0 Å². The monoisotopic (exact) mass is 606 g/mol. The number of aromatic nitrogens is 2. The lowest BCUT2D eigenvalue weighted by molar-refractivity contribution is -0.685. The molecule has 0 bridgehead atoms. The van der Waals surface area contributed by atoms with Gasteiger partial charge in [-0.15, -0.1) is 0 Å². The number of nitrogens with zero attached hydrogens (tertiary/aromatic N) is 4. The Morgan fingerprint density at radius 3 is 2.23 bits per heavy atom. The molecule has 0 radical (unpaired) electrons. The van der Waals surface area contributed by atoms with E-state index in [9.17, 15) is 19.5 Å². The highest BCUT2D eigenvalue weighted by Gasteiger charge is 2.29. The summed E-state index contributed by atoms with van der Waals surface area (Å²) < 4.78 is 18.9. The average Bonchev–Trinajstić information content (AvgIpc) is 3.80. The number of aromatic carboxylic acids is 1. The molecule has 0 unspecified atom stereocenters. The molecule has 1 saturated carbocycles. The summed E-state index contributed by atoms with van der Waals surface area (Å²) in [5.41, 5.74) is 2.07. The van der Waals surface area contributed by atoms with Crippen molar-refractivity contribution in [3.05, 3.63) is 94.8 Å². The van der Waals surface area contributed by atoms with Gasteiger partial charge in [0, 0.05) is 55.9 Å². The van der Waals surface area contributed by atoms with Gasteiger partial charge in [-0.1, -0.05) is 30.3 Å². The molecule has 2 aliphatic rings. The van der Waals surface area contributed by atoms with Crippen LogP contribution in [0.25, 0.3) is 22.0 Å². The highest BCUT2D eigenvalue weighted by Crippen LogP contribution is 2.38. The van der Waals surface area contributed by atoms with E-state index in [2.05, 4.69) is 0 Å². The molecule has 40 heavy (non-hydrogen) atoms. The van der Waals surface area contributed by atoms with Crippen LogP contribution in [0.3, 0.4) is 0 Å². The van der Waals surface area contributed by atoms with Crippen LogP contribution in [-0.2, 0) is 11.3 Å². The molecule has 206 valence electrons. The number of carbonyl (C=O) groups excluding carboxylic acids is 1. The van der Waals surface area contributed by atoms with Crippen LogP contribution in [0.4, 0.5) is 10.1 Å². The summed E-state index contributed by atoms with van der Waals surface area (Å²) in [6.07, 6.45) is 6.95. The van der Waals surface area contributed by atoms with Crippen molar-refractivity contribution >= 4 is 28.5 Å². The first kappa shape index (κ1) is 27.5.